The van der Waals surface area contributed by atoms with E-state index in [2.05, 4.69) is 127 Å². The molecule has 0 aliphatic rings. The van der Waals surface area contributed by atoms with Crippen molar-refractivity contribution in [2.75, 3.05) is 0 Å². The number of hydrogen-bond acceptors (Lipinski definition) is 0. The van der Waals surface area contributed by atoms with Crippen LogP contribution in [0.2, 0.25) is 6.32 Å². The Morgan fingerprint density at radius 1 is 0.600 bits per heavy atom. The average molecular weight is 520 g/mol. The molecule has 0 saturated carbocycles. The van der Waals surface area contributed by atoms with Crippen LogP contribution >= 0.6 is 47.8 Å². The zero-order valence-corrected chi connectivity index (χ0v) is 18.4. The van der Waals surface area contributed by atoms with Gasteiger partial charge in [0.2, 0.25) is 0 Å². The standard InChI is InChI=1S/C21H17BBr3/c1-2-15-22(16-3-9-19(23)10-4-16,17-5-11-20(24)12-6-17)18-7-13-21(25)14-8-18/h2-14H,1,15H2/q-1. The van der Waals surface area contributed by atoms with Crippen LogP contribution in [0.3, 0.4) is 0 Å². The quantitative estimate of drug-likeness (QED) is 0.303. The molecule has 0 amide bonds. The van der Waals surface area contributed by atoms with Gasteiger partial charge in [0.1, 0.15) is 0 Å². The van der Waals surface area contributed by atoms with Crippen LogP contribution in [0.1, 0.15) is 0 Å². The number of rotatable bonds is 5. The van der Waals surface area contributed by atoms with Crippen molar-refractivity contribution in [2.24, 2.45) is 0 Å². The maximum atomic E-state index is 4.06. The van der Waals surface area contributed by atoms with Gasteiger partial charge in [0.05, 0.1) is 6.15 Å². The first-order chi connectivity index (χ1) is 12.1. The van der Waals surface area contributed by atoms with Crippen molar-refractivity contribution in [3.63, 3.8) is 0 Å². The molecule has 0 N–H and O–H groups in total. The number of hydrogen-bond donors (Lipinski definition) is 0. The number of benzene rings is 3. The Morgan fingerprint density at radius 2 is 0.880 bits per heavy atom. The Kier molecular flexibility index (Phi) is 6.03. The van der Waals surface area contributed by atoms with Crippen LogP contribution < -0.4 is 16.4 Å². The lowest BCUT2D eigenvalue weighted by Gasteiger charge is -2.42. The first-order valence-electron chi connectivity index (χ1n) is 8.12. The number of halogens is 3. The summed E-state index contributed by atoms with van der Waals surface area (Å²) in [6, 6.07) is 26.0. The molecule has 0 aliphatic carbocycles. The second-order valence-corrected chi connectivity index (χ2v) is 8.97. The van der Waals surface area contributed by atoms with Gasteiger partial charge < -0.3 is 0 Å². The molecule has 0 bridgehead atoms. The molecule has 0 atom stereocenters. The molecule has 3 aromatic carbocycles. The van der Waals surface area contributed by atoms with Crippen LogP contribution in [0.5, 0.6) is 0 Å². The van der Waals surface area contributed by atoms with E-state index in [1.165, 1.54) is 16.4 Å². The van der Waals surface area contributed by atoms with Crippen molar-refractivity contribution < 1.29 is 0 Å². The summed E-state index contributed by atoms with van der Waals surface area (Å²) in [4.78, 5) is 0. The molecule has 0 unspecified atom stereocenters. The lowest BCUT2D eigenvalue weighted by molar-refractivity contribution is 1.55. The molecule has 25 heavy (non-hydrogen) atoms. The van der Waals surface area contributed by atoms with Crippen LogP contribution in [0.4, 0.5) is 0 Å². The second kappa shape index (κ2) is 8.07. The van der Waals surface area contributed by atoms with Gasteiger partial charge in [-0.25, -0.2) is 0 Å². The molecule has 0 radical (unpaired) electrons. The van der Waals surface area contributed by atoms with Gasteiger partial charge in [-0.3, -0.25) is 0 Å². The summed E-state index contributed by atoms with van der Waals surface area (Å²) in [6.07, 6.45) is 1.79. The summed E-state index contributed by atoms with van der Waals surface area (Å²) in [5, 5.41) is 0. The molecule has 0 fully saturated rings. The van der Waals surface area contributed by atoms with Crippen molar-refractivity contribution in [3.8, 4) is 0 Å². The van der Waals surface area contributed by atoms with E-state index in [-0.39, 0.29) is 0 Å². The lowest BCUT2D eigenvalue weighted by atomic mass is 9.14. The van der Waals surface area contributed by atoms with E-state index in [0.717, 1.165) is 19.7 Å². The highest BCUT2D eigenvalue weighted by Gasteiger charge is 2.28. The van der Waals surface area contributed by atoms with Gasteiger partial charge in [-0.15, -0.1) is 19.0 Å². The molecule has 0 nitrogen and oxygen atoms in total. The molecule has 0 aromatic heterocycles. The highest BCUT2D eigenvalue weighted by molar-refractivity contribution is 9.11. The van der Waals surface area contributed by atoms with Crippen molar-refractivity contribution in [2.45, 2.75) is 6.32 Å². The fourth-order valence-corrected chi connectivity index (χ4v) is 4.40. The van der Waals surface area contributed by atoms with E-state index in [1.807, 2.05) is 6.08 Å². The summed E-state index contributed by atoms with van der Waals surface area (Å²) in [6.45, 7) is 4.06. The topological polar surface area (TPSA) is 0 Å². The van der Waals surface area contributed by atoms with Crippen LogP contribution in [0.25, 0.3) is 0 Å². The maximum absolute atomic E-state index is 4.06. The van der Waals surface area contributed by atoms with E-state index in [1.54, 1.807) is 0 Å². The minimum atomic E-state index is -1.13. The number of allylic oxidation sites excluding steroid dienone is 1. The Morgan fingerprint density at radius 3 is 1.12 bits per heavy atom. The SMILES string of the molecule is C=CC[B-](c1ccc(Br)cc1)(c1ccc(Br)cc1)c1ccc(Br)cc1. The molecular weight excluding hydrogens is 503 g/mol. The third-order valence-corrected chi connectivity index (χ3v) is 6.42. The summed E-state index contributed by atoms with van der Waals surface area (Å²) in [7, 11) is 0. The van der Waals surface area contributed by atoms with Gasteiger partial charge >= 0.3 is 0 Å². The largest absolute Gasteiger partial charge is 0.200 e. The van der Waals surface area contributed by atoms with Crippen molar-refractivity contribution in [3.05, 3.63) is 98.9 Å². The van der Waals surface area contributed by atoms with Gasteiger partial charge in [0.15, 0.2) is 0 Å². The highest BCUT2D eigenvalue weighted by Crippen LogP contribution is 2.18. The van der Waals surface area contributed by atoms with Gasteiger partial charge in [-0.1, -0.05) is 121 Å². The molecule has 0 spiro atoms. The van der Waals surface area contributed by atoms with Crippen molar-refractivity contribution in [1.29, 1.82) is 0 Å². The molecule has 0 heterocycles. The summed E-state index contributed by atoms with van der Waals surface area (Å²) in [5.41, 5.74) is 3.94. The monoisotopic (exact) mass is 517 g/mol. The Balaban J connectivity index is 2.30. The third kappa shape index (κ3) is 3.86. The van der Waals surface area contributed by atoms with E-state index < -0.39 is 6.15 Å². The molecule has 0 saturated heterocycles. The minimum Gasteiger partial charge on any atom is -0.200 e. The minimum absolute atomic E-state index is 0.880. The summed E-state index contributed by atoms with van der Waals surface area (Å²) in [5.74, 6) is 0. The molecule has 3 aromatic rings. The Hall–Kier alpha value is -1.10. The lowest BCUT2D eigenvalue weighted by Crippen LogP contribution is -2.66. The van der Waals surface area contributed by atoms with Crippen LogP contribution in [0, 0.1) is 0 Å². The van der Waals surface area contributed by atoms with Gasteiger partial charge in [0.25, 0.3) is 0 Å². The van der Waals surface area contributed by atoms with Crippen LogP contribution in [-0.4, -0.2) is 6.15 Å². The summed E-state index contributed by atoms with van der Waals surface area (Å²) < 4.78 is 3.27. The fourth-order valence-electron chi connectivity index (χ4n) is 3.61. The van der Waals surface area contributed by atoms with E-state index >= 15 is 0 Å². The van der Waals surface area contributed by atoms with E-state index in [4.69, 9.17) is 0 Å². The first-order valence-corrected chi connectivity index (χ1v) is 10.5. The molecule has 4 heteroatoms. The fraction of sp³-hybridized carbons (Fsp3) is 0.0476. The molecule has 3 rings (SSSR count). The van der Waals surface area contributed by atoms with Gasteiger partial charge in [0, 0.05) is 13.4 Å². The van der Waals surface area contributed by atoms with Crippen molar-refractivity contribution in [1.82, 2.24) is 0 Å². The predicted octanol–water partition coefficient (Wildman–Crippen LogP) is 5.63. The first kappa shape index (κ1) is 18.7. The van der Waals surface area contributed by atoms with Gasteiger partial charge in [-0.2, -0.15) is 16.4 Å². The third-order valence-electron chi connectivity index (χ3n) is 4.84. The second-order valence-electron chi connectivity index (χ2n) is 6.22. The normalized spacial score (nSPS) is 11.3. The van der Waals surface area contributed by atoms with Crippen molar-refractivity contribution >= 4 is 70.3 Å². The Labute approximate surface area is 174 Å². The maximum Gasteiger partial charge on any atom is 0.0849 e. The summed E-state index contributed by atoms with van der Waals surface area (Å²) >= 11 is 10.7. The van der Waals surface area contributed by atoms with Crippen LogP contribution in [-0.2, 0) is 0 Å². The zero-order chi connectivity index (χ0) is 17.9. The molecular formula is C21H17BBr3-. The van der Waals surface area contributed by atoms with E-state index in [0.29, 0.717) is 0 Å². The smallest absolute Gasteiger partial charge is 0.0849 e. The highest BCUT2D eigenvalue weighted by atomic mass is 79.9. The predicted molar refractivity (Wildman–Crippen MR) is 122 cm³/mol. The molecule has 0 aliphatic heterocycles. The van der Waals surface area contributed by atoms with Gasteiger partial charge in [-0.05, 0) is 0 Å². The van der Waals surface area contributed by atoms with E-state index in [9.17, 15) is 0 Å². The average Bonchev–Trinajstić information content (AvgIpc) is 2.62. The Bertz CT molecular complexity index is 742. The zero-order valence-electron chi connectivity index (χ0n) is 13.6. The van der Waals surface area contributed by atoms with Crippen LogP contribution in [0.15, 0.2) is 98.9 Å². The molecule has 126 valence electrons.